The third kappa shape index (κ3) is 2.84. The van der Waals surface area contributed by atoms with E-state index in [1.165, 1.54) is 12.8 Å². The van der Waals surface area contributed by atoms with Gasteiger partial charge in [0.2, 0.25) is 5.89 Å². The summed E-state index contributed by atoms with van der Waals surface area (Å²) in [4.78, 5) is 9.23. The van der Waals surface area contributed by atoms with E-state index in [9.17, 15) is 0 Å². The van der Waals surface area contributed by atoms with Gasteiger partial charge in [0.05, 0.1) is 6.54 Å². The molecule has 1 aliphatic heterocycles. The zero-order chi connectivity index (χ0) is 16.8. The van der Waals surface area contributed by atoms with Crippen molar-refractivity contribution in [2.45, 2.75) is 38.3 Å². The summed E-state index contributed by atoms with van der Waals surface area (Å²) in [5.74, 6) is 3.07. The molecule has 25 heavy (non-hydrogen) atoms. The number of aromatic nitrogens is 6. The van der Waals surface area contributed by atoms with Crippen LogP contribution in [0, 0.1) is 0 Å². The van der Waals surface area contributed by atoms with Crippen LogP contribution < -0.4 is 4.90 Å². The minimum Gasteiger partial charge on any atom is -0.350 e. The van der Waals surface area contributed by atoms with Gasteiger partial charge in [0.25, 0.3) is 0 Å². The first-order valence-corrected chi connectivity index (χ1v) is 8.75. The summed E-state index contributed by atoms with van der Waals surface area (Å²) in [6.07, 6.45) is 4.00. The number of hydrogen-bond acceptors (Lipinski definition) is 8. The molecule has 0 bridgehead atoms. The molecule has 0 unspecified atom stereocenters. The molecule has 1 saturated heterocycles. The van der Waals surface area contributed by atoms with E-state index in [2.05, 4.69) is 42.2 Å². The van der Waals surface area contributed by atoms with Gasteiger partial charge in [0.1, 0.15) is 12.1 Å². The molecule has 0 aromatic carbocycles. The highest BCUT2D eigenvalue weighted by Gasteiger charge is 2.30. The first-order valence-electron chi connectivity index (χ1n) is 8.75. The van der Waals surface area contributed by atoms with Crippen LogP contribution in [0.5, 0.6) is 0 Å². The number of piperazine rings is 1. The first-order chi connectivity index (χ1) is 12.3. The van der Waals surface area contributed by atoms with Crippen LogP contribution >= 0.6 is 0 Å². The molecule has 3 aromatic heterocycles. The number of anilines is 1. The average Bonchev–Trinajstić information content (AvgIpc) is 3.17. The van der Waals surface area contributed by atoms with Crippen molar-refractivity contribution in [1.29, 1.82) is 0 Å². The minimum absolute atomic E-state index is 0.352. The Labute approximate surface area is 144 Å². The molecule has 0 spiro atoms. The second kappa shape index (κ2) is 5.76. The zero-order valence-electron chi connectivity index (χ0n) is 14.1. The van der Waals surface area contributed by atoms with Crippen LogP contribution in [0.1, 0.15) is 37.4 Å². The summed E-state index contributed by atoms with van der Waals surface area (Å²) in [6.45, 7) is 5.76. The van der Waals surface area contributed by atoms with Gasteiger partial charge >= 0.3 is 0 Å². The van der Waals surface area contributed by atoms with Gasteiger partial charge in [-0.2, -0.15) is 9.50 Å². The third-order valence-electron chi connectivity index (χ3n) is 4.93. The fourth-order valence-corrected chi connectivity index (χ4v) is 3.42. The van der Waals surface area contributed by atoms with E-state index >= 15 is 0 Å². The molecule has 0 radical (unpaired) electrons. The third-order valence-corrected chi connectivity index (χ3v) is 4.93. The summed E-state index contributed by atoms with van der Waals surface area (Å²) in [6, 6.07) is 4.31. The quantitative estimate of drug-likeness (QED) is 0.697. The topological polar surface area (TPSA) is 88.5 Å². The molecule has 9 nitrogen and oxygen atoms in total. The maximum absolute atomic E-state index is 5.36. The fraction of sp³-hybridized carbons (Fsp3) is 0.562. The van der Waals surface area contributed by atoms with Crippen molar-refractivity contribution in [1.82, 2.24) is 34.9 Å². The van der Waals surface area contributed by atoms with Crippen LogP contribution in [0.4, 0.5) is 5.82 Å². The Balaban J connectivity index is 1.26. The molecule has 3 aromatic rings. The Hall–Kier alpha value is -2.55. The molecular formula is C16H20N8O. The molecule has 4 heterocycles. The maximum Gasteiger partial charge on any atom is 0.229 e. The van der Waals surface area contributed by atoms with Gasteiger partial charge in [-0.05, 0) is 31.9 Å². The molecule has 5 rings (SSSR count). The van der Waals surface area contributed by atoms with Crippen molar-refractivity contribution in [3.8, 4) is 0 Å². The molecule has 0 amide bonds. The van der Waals surface area contributed by atoms with Gasteiger partial charge in [-0.25, -0.2) is 0 Å². The van der Waals surface area contributed by atoms with Crippen LogP contribution in [0.2, 0.25) is 0 Å². The largest absolute Gasteiger partial charge is 0.350 e. The standard InChI is InChI=1S/C16H20N8O/c1-11-8-22(9-13-18-16(25-21-13)12-2-3-12)6-7-23(11)15-5-4-14-19-17-10-24(14)20-15/h4-5,10-12H,2-3,6-9H2,1H3/t11-/m1/s1. The molecule has 2 aliphatic rings. The predicted octanol–water partition coefficient (Wildman–Crippen LogP) is 1.10. The van der Waals surface area contributed by atoms with E-state index in [1.54, 1.807) is 10.8 Å². The van der Waals surface area contributed by atoms with E-state index in [1.807, 2.05) is 12.1 Å². The molecule has 1 aliphatic carbocycles. The lowest BCUT2D eigenvalue weighted by atomic mass is 10.2. The van der Waals surface area contributed by atoms with Crippen LogP contribution in [0.15, 0.2) is 23.0 Å². The zero-order valence-corrected chi connectivity index (χ0v) is 14.1. The second-order valence-electron chi connectivity index (χ2n) is 6.93. The van der Waals surface area contributed by atoms with E-state index in [-0.39, 0.29) is 0 Å². The lowest BCUT2D eigenvalue weighted by Crippen LogP contribution is -2.52. The Bertz CT molecular complexity index is 885. The highest BCUT2D eigenvalue weighted by atomic mass is 16.5. The lowest BCUT2D eigenvalue weighted by molar-refractivity contribution is 0.212. The van der Waals surface area contributed by atoms with E-state index in [0.29, 0.717) is 12.0 Å². The molecule has 1 atom stereocenters. The van der Waals surface area contributed by atoms with Crippen LogP contribution in [0.25, 0.3) is 5.65 Å². The molecule has 2 fully saturated rings. The predicted molar refractivity (Wildman–Crippen MR) is 89.1 cm³/mol. The smallest absolute Gasteiger partial charge is 0.229 e. The van der Waals surface area contributed by atoms with Gasteiger partial charge in [-0.1, -0.05) is 5.16 Å². The maximum atomic E-state index is 5.36. The number of hydrogen-bond donors (Lipinski definition) is 0. The molecular weight excluding hydrogens is 320 g/mol. The highest BCUT2D eigenvalue weighted by Crippen LogP contribution is 2.38. The van der Waals surface area contributed by atoms with Gasteiger partial charge in [0.15, 0.2) is 11.5 Å². The van der Waals surface area contributed by atoms with Crippen molar-refractivity contribution in [2.24, 2.45) is 0 Å². The second-order valence-corrected chi connectivity index (χ2v) is 6.93. The van der Waals surface area contributed by atoms with Crippen molar-refractivity contribution in [3.63, 3.8) is 0 Å². The van der Waals surface area contributed by atoms with Crippen LogP contribution in [-0.4, -0.2) is 60.5 Å². The summed E-state index contributed by atoms with van der Waals surface area (Å²) in [5, 5.41) is 16.6. The Morgan fingerprint density at radius 2 is 2.16 bits per heavy atom. The summed E-state index contributed by atoms with van der Waals surface area (Å²) in [7, 11) is 0. The first kappa shape index (κ1) is 14.8. The normalized spacial score (nSPS) is 22.0. The molecule has 0 N–H and O–H groups in total. The van der Waals surface area contributed by atoms with Crippen molar-refractivity contribution in [2.75, 3.05) is 24.5 Å². The van der Waals surface area contributed by atoms with Gasteiger partial charge in [-0.3, -0.25) is 4.90 Å². The van der Waals surface area contributed by atoms with Gasteiger partial charge < -0.3 is 9.42 Å². The Morgan fingerprint density at radius 1 is 1.24 bits per heavy atom. The Kier molecular flexibility index (Phi) is 3.40. The highest BCUT2D eigenvalue weighted by molar-refractivity contribution is 5.46. The lowest BCUT2D eigenvalue weighted by Gasteiger charge is -2.40. The molecule has 130 valence electrons. The number of nitrogens with zero attached hydrogens (tertiary/aromatic N) is 8. The van der Waals surface area contributed by atoms with Crippen LogP contribution in [0.3, 0.4) is 0 Å². The summed E-state index contributed by atoms with van der Waals surface area (Å²) in [5.41, 5.74) is 0.763. The van der Waals surface area contributed by atoms with E-state index < -0.39 is 0 Å². The van der Waals surface area contributed by atoms with Crippen LogP contribution in [-0.2, 0) is 6.54 Å². The minimum atomic E-state index is 0.352. The van der Waals surface area contributed by atoms with Crippen molar-refractivity contribution in [3.05, 3.63) is 30.2 Å². The van der Waals surface area contributed by atoms with Gasteiger partial charge in [-0.15, -0.1) is 15.3 Å². The van der Waals surface area contributed by atoms with Crippen molar-refractivity contribution >= 4 is 11.5 Å². The fourth-order valence-electron chi connectivity index (χ4n) is 3.42. The molecule has 1 saturated carbocycles. The average molecular weight is 340 g/mol. The van der Waals surface area contributed by atoms with E-state index in [4.69, 9.17) is 4.52 Å². The van der Waals surface area contributed by atoms with E-state index in [0.717, 1.165) is 49.4 Å². The monoisotopic (exact) mass is 340 g/mol. The summed E-state index contributed by atoms with van der Waals surface area (Å²) < 4.78 is 7.07. The van der Waals surface area contributed by atoms with Gasteiger partial charge in [0, 0.05) is 31.6 Å². The van der Waals surface area contributed by atoms with Crippen molar-refractivity contribution < 1.29 is 4.52 Å². The summed E-state index contributed by atoms with van der Waals surface area (Å²) >= 11 is 0. The number of rotatable bonds is 4. The molecule has 9 heteroatoms. The SMILES string of the molecule is C[C@@H]1CN(Cc2noc(C3CC3)n2)CCN1c1ccc2nncn2n1. The Morgan fingerprint density at radius 3 is 3.00 bits per heavy atom. The number of fused-ring (bicyclic) bond motifs is 1.